The SMILES string of the molecule is CCOC(=O)Nc1c(OC)cc([N+](=O)[O-])cc1[N+](=O)[O-]. The van der Waals surface area contributed by atoms with Gasteiger partial charge in [0.15, 0.2) is 11.4 Å². The molecule has 0 saturated heterocycles. The van der Waals surface area contributed by atoms with Crippen molar-refractivity contribution in [1.82, 2.24) is 0 Å². The number of hydrogen-bond acceptors (Lipinski definition) is 7. The van der Waals surface area contributed by atoms with E-state index in [1.807, 2.05) is 0 Å². The Balaban J connectivity index is 3.35. The number of rotatable bonds is 5. The first-order chi connectivity index (χ1) is 9.40. The molecule has 1 rings (SSSR count). The Morgan fingerprint density at radius 1 is 1.30 bits per heavy atom. The van der Waals surface area contributed by atoms with Gasteiger partial charge in [-0.05, 0) is 6.92 Å². The number of nitro groups is 2. The van der Waals surface area contributed by atoms with E-state index in [0.717, 1.165) is 12.1 Å². The van der Waals surface area contributed by atoms with Crippen LogP contribution in [0.3, 0.4) is 0 Å². The lowest BCUT2D eigenvalue weighted by molar-refractivity contribution is -0.393. The van der Waals surface area contributed by atoms with Gasteiger partial charge in [-0.15, -0.1) is 0 Å². The van der Waals surface area contributed by atoms with Gasteiger partial charge >= 0.3 is 11.8 Å². The molecule has 1 amide bonds. The average molecular weight is 285 g/mol. The van der Waals surface area contributed by atoms with Crippen molar-refractivity contribution in [3.05, 3.63) is 32.4 Å². The molecule has 0 saturated carbocycles. The molecule has 10 heteroatoms. The summed E-state index contributed by atoms with van der Waals surface area (Å²) in [5, 5.41) is 23.8. The average Bonchev–Trinajstić information content (AvgIpc) is 2.38. The zero-order valence-electron chi connectivity index (χ0n) is 10.6. The van der Waals surface area contributed by atoms with Crippen LogP contribution in [0.15, 0.2) is 12.1 Å². The van der Waals surface area contributed by atoms with Crippen molar-refractivity contribution in [2.45, 2.75) is 6.92 Å². The van der Waals surface area contributed by atoms with Gasteiger partial charge in [0.25, 0.3) is 5.69 Å². The van der Waals surface area contributed by atoms with Crippen LogP contribution < -0.4 is 10.1 Å². The first kappa shape index (κ1) is 15.1. The number of carbonyl (C=O) groups excluding carboxylic acids is 1. The number of carbonyl (C=O) groups is 1. The highest BCUT2D eigenvalue weighted by Gasteiger charge is 2.26. The van der Waals surface area contributed by atoms with Crippen LogP contribution in [0, 0.1) is 20.2 Å². The van der Waals surface area contributed by atoms with E-state index in [9.17, 15) is 25.0 Å². The normalized spacial score (nSPS) is 9.70. The summed E-state index contributed by atoms with van der Waals surface area (Å²) in [5.74, 6) is -0.209. The number of non-ortho nitro benzene ring substituents is 1. The Hall–Kier alpha value is -2.91. The number of anilines is 1. The number of nitro benzene ring substituents is 2. The summed E-state index contributed by atoms with van der Waals surface area (Å²) in [6.07, 6.45) is -0.928. The van der Waals surface area contributed by atoms with E-state index in [1.165, 1.54) is 7.11 Å². The molecular weight excluding hydrogens is 274 g/mol. The minimum atomic E-state index is -0.928. The van der Waals surface area contributed by atoms with Gasteiger partial charge in [-0.2, -0.15) is 0 Å². The lowest BCUT2D eigenvalue weighted by Gasteiger charge is -2.10. The second-order valence-electron chi connectivity index (χ2n) is 3.40. The maximum atomic E-state index is 11.3. The quantitative estimate of drug-likeness (QED) is 0.646. The van der Waals surface area contributed by atoms with Crippen LogP contribution in [0.2, 0.25) is 0 Å². The molecule has 0 aliphatic rings. The molecule has 0 bridgehead atoms. The largest absolute Gasteiger partial charge is 0.494 e. The summed E-state index contributed by atoms with van der Waals surface area (Å²) < 4.78 is 9.42. The van der Waals surface area contributed by atoms with Crippen LogP contribution in [0.5, 0.6) is 5.75 Å². The Kier molecular flexibility index (Phi) is 4.78. The Labute approximate surface area is 112 Å². The fourth-order valence-corrected chi connectivity index (χ4v) is 1.39. The summed E-state index contributed by atoms with van der Waals surface area (Å²) in [6, 6.07) is 1.69. The van der Waals surface area contributed by atoms with Crippen molar-refractivity contribution in [3.8, 4) is 5.75 Å². The lowest BCUT2D eigenvalue weighted by atomic mass is 10.2. The molecule has 0 aliphatic heterocycles. The fourth-order valence-electron chi connectivity index (χ4n) is 1.39. The van der Waals surface area contributed by atoms with Gasteiger partial charge in [0, 0.05) is 0 Å². The molecule has 0 heterocycles. The summed E-state index contributed by atoms with van der Waals surface area (Å²) >= 11 is 0. The van der Waals surface area contributed by atoms with E-state index >= 15 is 0 Å². The number of hydrogen-bond donors (Lipinski definition) is 1. The zero-order chi connectivity index (χ0) is 15.3. The van der Waals surface area contributed by atoms with Crippen LogP contribution >= 0.6 is 0 Å². The number of amides is 1. The van der Waals surface area contributed by atoms with E-state index in [4.69, 9.17) is 4.74 Å². The summed E-state index contributed by atoms with van der Waals surface area (Å²) in [5.41, 5.74) is -1.49. The minimum Gasteiger partial charge on any atom is -0.494 e. The van der Waals surface area contributed by atoms with Crippen molar-refractivity contribution in [1.29, 1.82) is 0 Å². The summed E-state index contributed by atoms with van der Waals surface area (Å²) in [7, 11) is 1.17. The van der Waals surface area contributed by atoms with E-state index in [2.05, 4.69) is 10.1 Å². The van der Waals surface area contributed by atoms with E-state index in [1.54, 1.807) is 6.92 Å². The van der Waals surface area contributed by atoms with Crippen LogP contribution in [-0.2, 0) is 4.74 Å². The Morgan fingerprint density at radius 2 is 1.95 bits per heavy atom. The van der Waals surface area contributed by atoms with Gasteiger partial charge < -0.3 is 9.47 Å². The van der Waals surface area contributed by atoms with E-state index in [-0.39, 0.29) is 18.0 Å². The summed E-state index contributed by atoms with van der Waals surface area (Å²) in [6.45, 7) is 1.62. The van der Waals surface area contributed by atoms with Crippen molar-refractivity contribution >= 4 is 23.2 Å². The van der Waals surface area contributed by atoms with E-state index in [0.29, 0.717) is 0 Å². The number of ether oxygens (including phenoxy) is 2. The predicted molar refractivity (Wildman–Crippen MR) is 66.9 cm³/mol. The van der Waals surface area contributed by atoms with Gasteiger partial charge in [0.05, 0.1) is 35.7 Å². The number of benzene rings is 1. The van der Waals surface area contributed by atoms with Crippen molar-refractivity contribution < 1.29 is 24.1 Å². The maximum absolute atomic E-state index is 11.3. The molecular formula is C10H11N3O7. The Bertz CT molecular complexity index is 558. The third kappa shape index (κ3) is 3.31. The number of nitrogens with one attached hydrogen (secondary N) is 1. The first-order valence-corrected chi connectivity index (χ1v) is 5.35. The maximum Gasteiger partial charge on any atom is 0.411 e. The van der Waals surface area contributed by atoms with Crippen LogP contribution in [0.4, 0.5) is 21.9 Å². The third-order valence-electron chi connectivity index (χ3n) is 2.20. The summed E-state index contributed by atoms with van der Waals surface area (Å²) in [4.78, 5) is 31.3. The van der Waals surface area contributed by atoms with Crippen molar-refractivity contribution in [2.75, 3.05) is 19.0 Å². The molecule has 20 heavy (non-hydrogen) atoms. The van der Waals surface area contributed by atoms with Crippen LogP contribution in [-0.4, -0.2) is 29.7 Å². The lowest BCUT2D eigenvalue weighted by Crippen LogP contribution is -2.15. The molecule has 0 unspecified atom stereocenters. The topological polar surface area (TPSA) is 134 Å². The molecule has 0 fully saturated rings. The van der Waals surface area contributed by atoms with Gasteiger partial charge in [0.1, 0.15) is 0 Å². The van der Waals surface area contributed by atoms with Crippen LogP contribution in [0.25, 0.3) is 0 Å². The highest BCUT2D eigenvalue weighted by molar-refractivity contribution is 5.91. The van der Waals surface area contributed by atoms with Gasteiger partial charge in [-0.25, -0.2) is 4.79 Å². The molecule has 0 spiro atoms. The molecule has 0 atom stereocenters. The highest BCUT2D eigenvalue weighted by Crippen LogP contribution is 2.38. The monoisotopic (exact) mass is 285 g/mol. The van der Waals surface area contributed by atoms with E-state index < -0.39 is 27.3 Å². The number of methoxy groups -OCH3 is 1. The first-order valence-electron chi connectivity index (χ1n) is 5.35. The van der Waals surface area contributed by atoms with Crippen molar-refractivity contribution in [3.63, 3.8) is 0 Å². The third-order valence-corrected chi connectivity index (χ3v) is 2.20. The molecule has 10 nitrogen and oxygen atoms in total. The second kappa shape index (κ2) is 6.31. The zero-order valence-corrected chi connectivity index (χ0v) is 10.6. The van der Waals surface area contributed by atoms with Crippen molar-refractivity contribution in [2.24, 2.45) is 0 Å². The molecule has 1 aromatic rings. The second-order valence-corrected chi connectivity index (χ2v) is 3.40. The van der Waals surface area contributed by atoms with Gasteiger partial charge in [-0.1, -0.05) is 0 Å². The minimum absolute atomic E-state index is 0.0644. The molecule has 1 N–H and O–H groups in total. The Morgan fingerprint density at radius 3 is 2.40 bits per heavy atom. The van der Waals surface area contributed by atoms with Crippen LogP contribution in [0.1, 0.15) is 6.92 Å². The predicted octanol–water partition coefficient (Wildman–Crippen LogP) is 2.08. The number of nitrogens with zero attached hydrogens (tertiary/aromatic N) is 2. The molecule has 108 valence electrons. The molecule has 0 radical (unpaired) electrons. The smallest absolute Gasteiger partial charge is 0.411 e. The van der Waals surface area contributed by atoms with Gasteiger partial charge in [-0.3, -0.25) is 25.5 Å². The molecule has 0 aliphatic carbocycles. The highest BCUT2D eigenvalue weighted by atomic mass is 16.6. The van der Waals surface area contributed by atoms with Gasteiger partial charge in [0.2, 0.25) is 0 Å². The molecule has 1 aromatic carbocycles. The fraction of sp³-hybridized carbons (Fsp3) is 0.300. The molecule has 0 aromatic heterocycles. The standard InChI is InChI=1S/C10H11N3O7/c1-3-20-10(14)11-9-7(13(17)18)4-6(12(15)16)5-8(9)19-2/h4-5H,3H2,1-2H3,(H,11,14).